The van der Waals surface area contributed by atoms with E-state index in [0.29, 0.717) is 0 Å². The molecule has 0 aromatic rings. The second-order valence-corrected chi connectivity index (χ2v) is 9.23. The van der Waals surface area contributed by atoms with Crippen LogP contribution in [0.3, 0.4) is 0 Å². The van der Waals surface area contributed by atoms with E-state index in [0.717, 1.165) is 19.3 Å². The molecular weight excluding hydrogens is 442 g/mol. The third-order valence-electron chi connectivity index (χ3n) is 6.15. The van der Waals surface area contributed by atoms with Crippen LogP contribution in [0.1, 0.15) is 84.5 Å². The number of aliphatic hydroxyl groups is 5. The largest absolute Gasteiger partial charge is 0.394 e. The van der Waals surface area contributed by atoms with Crippen LogP contribution in [-0.4, -0.2) is 87.5 Å². The second kappa shape index (κ2) is 18.2. The summed E-state index contributed by atoms with van der Waals surface area (Å²) in [7, 11) is 0. The Morgan fingerprint density at radius 1 is 0.971 bits per heavy atom. The van der Waals surface area contributed by atoms with Gasteiger partial charge in [-0.05, 0) is 12.8 Å². The van der Waals surface area contributed by atoms with Gasteiger partial charge in [0.05, 0.1) is 25.4 Å². The van der Waals surface area contributed by atoms with E-state index in [4.69, 9.17) is 9.47 Å². The van der Waals surface area contributed by atoms with E-state index >= 15 is 0 Å². The highest BCUT2D eigenvalue weighted by atomic mass is 16.7. The fourth-order valence-electron chi connectivity index (χ4n) is 4.01. The molecule has 1 aliphatic rings. The highest BCUT2D eigenvalue weighted by Crippen LogP contribution is 2.22. The summed E-state index contributed by atoms with van der Waals surface area (Å²) < 4.78 is 10.8. The molecular formula is C25H47NO8. The van der Waals surface area contributed by atoms with Gasteiger partial charge in [0.15, 0.2) is 6.29 Å². The van der Waals surface area contributed by atoms with Gasteiger partial charge in [0, 0.05) is 6.92 Å². The van der Waals surface area contributed by atoms with Gasteiger partial charge in [-0.2, -0.15) is 0 Å². The first-order valence-corrected chi connectivity index (χ1v) is 12.9. The van der Waals surface area contributed by atoms with Gasteiger partial charge in [-0.3, -0.25) is 4.79 Å². The van der Waals surface area contributed by atoms with Crippen molar-refractivity contribution in [2.75, 3.05) is 13.2 Å². The molecule has 34 heavy (non-hydrogen) atoms. The molecule has 9 nitrogen and oxygen atoms in total. The van der Waals surface area contributed by atoms with Gasteiger partial charge in [0.1, 0.15) is 24.4 Å². The fourth-order valence-corrected chi connectivity index (χ4v) is 4.01. The smallest absolute Gasteiger partial charge is 0.217 e. The lowest BCUT2D eigenvalue weighted by Gasteiger charge is -2.40. The second-order valence-electron chi connectivity index (χ2n) is 9.23. The van der Waals surface area contributed by atoms with E-state index in [-0.39, 0.29) is 12.5 Å². The predicted octanol–water partition coefficient (Wildman–Crippen LogP) is 1.54. The Kier molecular flexibility index (Phi) is 16.6. The minimum atomic E-state index is -1.55. The predicted molar refractivity (Wildman–Crippen MR) is 129 cm³/mol. The van der Waals surface area contributed by atoms with E-state index in [1.54, 1.807) is 6.08 Å². The molecule has 6 N–H and O–H groups in total. The molecule has 7 unspecified atom stereocenters. The van der Waals surface area contributed by atoms with Crippen molar-refractivity contribution in [3.63, 3.8) is 0 Å². The van der Waals surface area contributed by atoms with Crippen molar-refractivity contribution in [2.45, 2.75) is 127 Å². The molecule has 7 atom stereocenters. The van der Waals surface area contributed by atoms with Crippen LogP contribution >= 0.6 is 0 Å². The molecule has 0 aromatic heterocycles. The number of aliphatic hydroxyl groups excluding tert-OH is 5. The van der Waals surface area contributed by atoms with Gasteiger partial charge in [0.2, 0.25) is 5.91 Å². The Balaban J connectivity index is 2.35. The number of hydrogen-bond donors (Lipinski definition) is 6. The number of ether oxygens (including phenoxy) is 2. The minimum absolute atomic E-state index is 0.202. The molecule has 1 aliphatic heterocycles. The lowest BCUT2D eigenvalue weighted by atomic mass is 9.99. The summed E-state index contributed by atoms with van der Waals surface area (Å²) in [6, 6.07) is -0.797. The van der Waals surface area contributed by atoms with Crippen LogP contribution in [0, 0.1) is 0 Å². The topological polar surface area (TPSA) is 149 Å². The number of carbonyl (C=O) groups excluding carboxylic acids is 1. The Morgan fingerprint density at radius 2 is 1.56 bits per heavy atom. The van der Waals surface area contributed by atoms with Crippen LogP contribution in [-0.2, 0) is 14.3 Å². The van der Waals surface area contributed by atoms with Crippen LogP contribution < -0.4 is 5.32 Å². The zero-order valence-corrected chi connectivity index (χ0v) is 20.8. The number of rotatable bonds is 18. The molecule has 9 heteroatoms. The monoisotopic (exact) mass is 489 g/mol. The van der Waals surface area contributed by atoms with Crippen molar-refractivity contribution in [1.82, 2.24) is 5.32 Å². The quantitative estimate of drug-likeness (QED) is 0.125. The highest BCUT2D eigenvalue weighted by Gasteiger charge is 2.44. The van der Waals surface area contributed by atoms with E-state index < -0.39 is 49.5 Å². The van der Waals surface area contributed by atoms with Crippen molar-refractivity contribution < 1.29 is 39.8 Å². The molecule has 0 spiro atoms. The molecule has 0 radical (unpaired) electrons. The van der Waals surface area contributed by atoms with Gasteiger partial charge in [0.25, 0.3) is 0 Å². The summed E-state index contributed by atoms with van der Waals surface area (Å²) in [5.41, 5.74) is 0. The van der Waals surface area contributed by atoms with Crippen LogP contribution in [0.5, 0.6) is 0 Å². The maximum absolute atomic E-state index is 11.6. The molecule has 1 heterocycles. The summed E-state index contributed by atoms with van der Waals surface area (Å²) in [5.74, 6) is -0.357. The Morgan fingerprint density at radius 3 is 2.12 bits per heavy atom. The summed E-state index contributed by atoms with van der Waals surface area (Å²) in [4.78, 5) is 11.6. The van der Waals surface area contributed by atoms with E-state index in [9.17, 15) is 30.3 Å². The Hall–Kier alpha value is -1.07. The number of unbranched alkanes of at least 4 members (excludes halogenated alkanes) is 10. The van der Waals surface area contributed by atoms with Gasteiger partial charge < -0.3 is 40.3 Å². The zero-order chi connectivity index (χ0) is 25.3. The first-order valence-electron chi connectivity index (χ1n) is 12.9. The summed E-state index contributed by atoms with van der Waals surface area (Å²) in [6.45, 7) is 2.78. The number of nitrogens with one attached hydrogen (secondary N) is 1. The van der Waals surface area contributed by atoms with Gasteiger partial charge in [-0.1, -0.05) is 76.9 Å². The van der Waals surface area contributed by atoms with E-state index in [1.165, 1.54) is 58.3 Å². The van der Waals surface area contributed by atoms with Gasteiger partial charge in [-0.15, -0.1) is 0 Å². The molecule has 1 saturated heterocycles. The molecule has 0 aromatic carbocycles. The first kappa shape index (κ1) is 31.0. The van der Waals surface area contributed by atoms with Gasteiger partial charge in [-0.25, -0.2) is 0 Å². The SMILES string of the molecule is CCCCCCCCCCCC/C=C/C(O)C(COC1OC(CO)C(O)C(O)C1O)NC(C)=O. The summed E-state index contributed by atoms with van der Waals surface area (Å²) >= 11 is 0. The van der Waals surface area contributed by atoms with Crippen molar-refractivity contribution in [3.8, 4) is 0 Å². The standard InChI is InChI=1S/C25H47NO8/c1-3-4-5-6-7-8-9-10-11-12-13-14-15-20(29)19(26-18(2)28)17-33-25-24(32)23(31)22(30)21(16-27)34-25/h14-15,19-25,27,29-32H,3-13,16-17H2,1-2H3,(H,26,28)/b15-14+. The van der Waals surface area contributed by atoms with Crippen LogP contribution in [0.2, 0.25) is 0 Å². The Bertz CT molecular complexity index is 559. The Labute approximate surface area is 204 Å². The molecule has 1 rings (SSSR count). The van der Waals surface area contributed by atoms with Crippen molar-refractivity contribution in [2.24, 2.45) is 0 Å². The zero-order valence-electron chi connectivity index (χ0n) is 20.8. The molecule has 0 saturated carbocycles. The summed E-state index contributed by atoms with van der Waals surface area (Å²) in [6.07, 6.45) is 8.89. The maximum atomic E-state index is 11.6. The minimum Gasteiger partial charge on any atom is -0.394 e. The molecule has 1 amide bonds. The van der Waals surface area contributed by atoms with Crippen LogP contribution in [0.25, 0.3) is 0 Å². The van der Waals surface area contributed by atoms with Crippen molar-refractivity contribution >= 4 is 5.91 Å². The molecule has 0 aliphatic carbocycles. The number of allylic oxidation sites excluding steroid dienone is 1. The highest BCUT2D eigenvalue weighted by molar-refractivity contribution is 5.73. The average molecular weight is 490 g/mol. The molecule has 1 fully saturated rings. The lowest BCUT2D eigenvalue weighted by Crippen LogP contribution is -2.60. The number of carbonyl (C=O) groups is 1. The number of hydrogen-bond acceptors (Lipinski definition) is 8. The van der Waals surface area contributed by atoms with E-state index in [1.807, 2.05) is 6.08 Å². The van der Waals surface area contributed by atoms with Gasteiger partial charge >= 0.3 is 0 Å². The molecule has 0 bridgehead atoms. The van der Waals surface area contributed by atoms with Crippen LogP contribution in [0.4, 0.5) is 0 Å². The first-order chi connectivity index (χ1) is 16.3. The van der Waals surface area contributed by atoms with E-state index in [2.05, 4.69) is 12.2 Å². The molecule has 200 valence electrons. The number of amides is 1. The van der Waals surface area contributed by atoms with Crippen LogP contribution in [0.15, 0.2) is 12.2 Å². The normalized spacial score (nSPS) is 27.1. The fraction of sp³-hybridized carbons (Fsp3) is 0.880. The third kappa shape index (κ3) is 12.1. The van der Waals surface area contributed by atoms with Crippen molar-refractivity contribution in [1.29, 1.82) is 0 Å². The van der Waals surface area contributed by atoms with Crippen molar-refractivity contribution in [3.05, 3.63) is 12.2 Å². The third-order valence-corrected chi connectivity index (χ3v) is 6.15. The average Bonchev–Trinajstić information content (AvgIpc) is 2.81. The summed E-state index contributed by atoms with van der Waals surface area (Å²) in [5, 5.41) is 52.2. The lowest BCUT2D eigenvalue weighted by molar-refractivity contribution is -0.302. The maximum Gasteiger partial charge on any atom is 0.217 e.